The lowest BCUT2D eigenvalue weighted by molar-refractivity contribution is 0.252. The van der Waals surface area contributed by atoms with Gasteiger partial charge in [-0.25, -0.2) is 0 Å². The average Bonchev–Trinajstić information content (AvgIpc) is 2.61. The number of aryl methyl sites for hydroxylation is 2. The minimum absolute atomic E-state index is 0.173. The lowest BCUT2D eigenvalue weighted by Crippen LogP contribution is -2.21. The number of halogens is 1. The van der Waals surface area contributed by atoms with Gasteiger partial charge in [-0.15, -0.1) is 11.6 Å². The van der Waals surface area contributed by atoms with Gasteiger partial charge in [-0.1, -0.05) is 38.5 Å². The Balaban J connectivity index is 2.25. The maximum atomic E-state index is 6.72. The van der Waals surface area contributed by atoms with Gasteiger partial charge in [0.15, 0.2) is 0 Å². The molecule has 1 aliphatic carbocycles. The van der Waals surface area contributed by atoms with Crippen molar-refractivity contribution < 1.29 is 0 Å². The fourth-order valence-corrected chi connectivity index (χ4v) is 3.67. The second kappa shape index (κ2) is 4.65. The third-order valence-electron chi connectivity index (χ3n) is 4.54. The van der Waals surface area contributed by atoms with Crippen LogP contribution in [0.15, 0.2) is 18.2 Å². The maximum absolute atomic E-state index is 6.72. The zero-order valence-corrected chi connectivity index (χ0v) is 12.1. The normalized spacial score (nSPS) is 24.9. The number of rotatable bonds is 2. The van der Waals surface area contributed by atoms with Crippen LogP contribution in [0.25, 0.3) is 0 Å². The Hall–Kier alpha value is -0.490. The van der Waals surface area contributed by atoms with Crippen LogP contribution in [0.2, 0.25) is 0 Å². The molecule has 0 bridgehead atoms. The summed E-state index contributed by atoms with van der Waals surface area (Å²) in [6, 6.07) is 6.66. The van der Waals surface area contributed by atoms with E-state index in [1.807, 2.05) is 0 Å². The molecule has 2 rings (SSSR count). The number of benzene rings is 1. The molecule has 0 saturated heterocycles. The number of hydrogen-bond donors (Lipinski definition) is 0. The van der Waals surface area contributed by atoms with E-state index >= 15 is 0 Å². The molecule has 17 heavy (non-hydrogen) atoms. The first-order valence-electron chi connectivity index (χ1n) is 6.63. The molecule has 1 saturated carbocycles. The summed E-state index contributed by atoms with van der Waals surface area (Å²) in [6.45, 7) is 9.05. The first-order chi connectivity index (χ1) is 7.92. The highest BCUT2D eigenvalue weighted by atomic mass is 35.5. The molecule has 0 amide bonds. The Labute approximate surface area is 110 Å². The highest BCUT2D eigenvalue weighted by Gasteiger charge is 2.39. The van der Waals surface area contributed by atoms with Crippen LogP contribution in [0.1, 0.15) is 55.2 Å². The molecule has 2 atom stereocenters. The van der Waals surface area contributed by atoms with Gasteiger partial charge >= 0.3 is 0 Å². The monoisotopic (exact) mass is 250 g/mol. The summed E-state index contributed by atoms with van der Waals surface area (Å²) < 4.78 is 0. The first kappa shape index (κ1) is 13.0. The van der Waals surface area contributed by atoms with Crippen LogP contribution in [0, 0.1) is 25.2 Å². The van der Waals surface area contributed by atoms with E-state index in [1.165, 1.54) is 36.0 Å². The van der Waals surface area contributed by atoms with E-state index in [0.717, 1.165) is 0 Å². The van der Waals surface area contributed by atoms with Gasteiger partial charge in [0.1, 0.15) is 0 Å². The van der Waals surface area contributed by atoms with Gasteiger partial charge in [-0.2, -0.15) is 0 Å². The van der Waals surface area contributed by atoms with Gasteiger partial charge in [0, 0.05) is 0 Å². The van der Waals surface area contributed by atoms with E-state index in [2.05, 4.69) is 45.9 Å². The van der Waals surface area contributed by atoms with Crippen molar-refractivity contribution >= 4 is 11.6 Å². The van der Waals surface area contributed by atoms with E-state index in [4.69, 9.17) is 11.6 Å². The first-order valence-corrected chi connectivity index (χ1v) is 7.07. The Bertz CT molecular complexity index is 406. The van der Waals surface area contributed by atoms with Crippen molar-refractivity contribution in [3.05, 3.63) is 34.9 Å². The van der Waals surface area contributed by atoms with Crippen LogP contribution >= 0.6 is 11.6 Å². The van der Waals surface area contributed by atoms with Crippen molar-refractivity contribution in [3.63, 3.8) is 0 Å². The molecule has 1 aromatic carbocycles. The summed E-state index contributed by atoms with van der Waals surface area (Å²) >= 11 is 6.72. The molecule has 0 spiro atoms. The lowest BCUT2D eigenvalue weighted by Gasteiger charge is -2.31. The molecule has 0 radical (unpaired) electrons. The molecule has 0 nitrogen and oxygen atoms in total. The van der Waals surface area contributed by atoms with E-state index in [-0.39, 0.29) is 5.38 Å². The van der Waals surface area contributed by atoms with Crippen molar-refractivity contribution in [2.75, 3.05) is 0 Å². The van der Waals surface area contributed by atoms with Gasteiger partial charge in [0.25, 0.3) is 0 Å². The Morgan fingerprint density at radius 2 is 1.94 bits per heavy atom. The van der Waals surface area contributed by atoms with Gasteiger partial charge < -0.3 is 0 Å². The molecular formula is C16H23Cl. The van der Waals surface area contributed by atoms with Crippen LogP contribution in [0.4, 0.5) is 0 Å². The molecule has 2 unspecified atom stereocenters. The predicted molar refractivity (Wildman–Crippen MR) is 75.6 cm³/mol. The summed E-state index contributed by atoms with van der Waals surface area (Å²) in [5, 5.41) is 0.173. The average molecular weight is 251 g/mol. The summed E-state index contributed by atoms with van der Waals surface area (Å²) in [6.07, 6.45) is 3.91. The predicted octanol–water partition coefficient (Wildman–Crippen LogP) is 5.41. The highest BCUT2D eigenvalue weighted by Crippen LogP contribution is 2.51. The van der Waals surface area contributed by atoms with Crippen LogP contribution in [0.5, 0.6) is 0 Å². The van der Waals surface area contributed by atoms with Crippen molar-refractivity contribution in [1.29, 1.82) is 0 Å². The van der Waals surface area contributed by atoms with E-state index in [1.54, 1.807) is 0 Å². The second-order valence-electron chi connectivity index (χ2n) is 6.23. The summed E-state index contributed by atoms with van der Waals surface area (Å²) in [4.78, 5) is 0. The lowest BCUT2D eigenvalue weighted by atomic mass is 9.78. The van der Waals surface area contributed by atoms with Crippen molar-refractivity contribution in [2.24, 2.45) is 11.3 Å². The third-order valence-corrected chi connectivity index (χ3v) is 5.10. The smallest absolute Gasteiger partial charge is 0.0618 e. The molecule has 94 valence electrons. The van der Waals surface area contributed by atoms with E-state index in [9.17, 15) is 0 Å². The summed E-state index contributed by atoms with van der Waals surface area (Å²) in [5.41, 5.74) is 4.40. The fraction of sp³-hybridized carbons (Fsp3) is 0.625. The standard InChI is InChI=1S/C16H23Cl/c1-11-7-8-13(10-12(11)2)15(17)14-6-5-9-16(14,3)4/h7-8,10,14-15H,5-6,9H2,1-4H3. The van der Waals surface area contributed by atoms with E-state index in [0.29, 0.717) is 11.3 Å². The molecule has 0 aliphatic heterocycles. The third kappa shape index (κ3) is 2.52. The number of hydrogen-bond acceptors (Lipinski definition) is 0. The largest absolute Gasteiger partial charge is 0.117 e. The zero-order valence-electron chi connectivity index (χ0n) is 11.4. The Morgan fingerprint density at radius 1 is 1.24 bits per heavy atom. The molecule has 1 aromatic rings. The second-order valence-corrected chi connectivity index (χ2v) is 6.70. The Kier molecular flexibility index (Phi) is 3.54. The SMILES string of the molecule is Cc1ccc(C(Cl)C2CCCC2(C)C)cc1C. The summed E-state index contributed by atoms with van der Waals surface area (Å²) in [7, 11) is 0. The quantitative estimate of drug-likeness (QED) is 0.616. The van der Waals surface area contributed by atoms with Crippen LogP contribution in [0.3, 0.4) is 0 Å². The Morgan fingerprint density at radius 3 is 2.47 bits per heavy atom. The molecule has 0 N–H and O–H groups in total. The van der Waals surface area contributed by atoms with Crippen LogP contribution in [-0.2, 0) is 0 Å². The minimum atomic E-state index is 0.173. The molecular weight excluding hydrogens is 228 g/mol. The minimum Gasteiger partial charge on any atom is -0.117 e. The highest BCUT2D eigenvalue weighted by molar-refractivity contribution is 6.21. The van der Waals surface area contributed by atoms with Gasteiger partial charge in [0.2, 0.25) is 0 Å². The summed E-state index contributed by atoms with van der Waals surface area (Å²) in [5.74, 6) is 0.617. The fourth-order valence-electron chi connectivity index (χ4n) is 3.06. The topological polar surface area (TPSA) is 0 Å². The molecule has 1 heteroatoms. The van der Waals surface area contributed by atoms with Gasteiger partial charge in [0.05, 0.1) is 5.38 Å². The van der Waals surface area contributed by atoms with Gasteiger partial charge in [-0.05, 0) is 54.7 Å². The molecule has 1 fully saturated rings. The van der Waals surface area contributed by atoms with Crippen molar-refractivity contribution in [3.8, 4) is 0 Å². The van der Waals surface area contributed by atoms with Crippen molar-refractivity contribution in [1.82, 2.24) is 0 Å². The van der Waals surface area contributed by atoms with Crippen LogP contribution in [-0.4, -0.2) is 0 Å². The maximum Gasteiger partial charge on any atom is 0.0618 e. The van der Waals surface area contributed by atoms with E-state index < -0.39 is 0 Å². The van der Waals surface area contributed by atoms with Crippen molar-refractivity contribution in [2.45, 2.75) is 52.3 Å². The molecule has 0 aromatic heterocycles. The van der Waals surface area contributed by atoms with Gasteiger partial charge in [-0.3, -0.25) is 0 Å². The zero-order chi connectivity index (χ0) is 12.6. The molecule has 0 heterocycles. The number of alkyl halides is 1. The molecule has 1 aliphatic rings. The van der Waals surface area contributed by atoms with Crippen LogP contribution < -0.4 is 0 Å².